The summed E-state index contributed by atoms with van der Waals surface area (Å²) in [6, 6.07) is 0. The third-order valence-electron chi connectivity index (χ3n) is 8.86. The number of Topliss-reactive ketones (excluding diaryl/α,β-unsaturated/α-hetero) is 1. The van der Waals surface area contributed by atoms with Crippen molar-refractivity contribution >= 4 is 31.1 Å². The molecule has 0 radical (unpaired) electrons. The van der Waals surface area contributed by atoms with Gasteiger partial charge in [0, 0.05) is 12.7 Å². The van der Waals surface area contributed by atoms with Gasteiger partial charge in [0.05, 0.1) is 29.5 Å². The van der Waals surface area contributed by atoms with E-state index in [9.17, 15) is 23.1 Å². The van der Waals surface area contributed by atoms with Crippen molar-refractivity contribution in [1.29, 1.82) is 0 Å². The molecule has 3 aliphatic rings. The number of fused-ring (bicyclic) bond motifs is 1. The van der Waals surface area contributed by atoms with Crippen LogP contribution in [-0.2, 0) is 24.2 Å². The Hall–Kier alpha value is -0.360. The third-order valence-corrected chi connectivity index (χ3v) is 11.0. The quantitative estimate of drug-likeness (QED) is 0.231. The van der Waals surface area contributed by atoms with Crippen molar-refractivity contribution in [3.05, 3.63) is 0 Å². The Balaban J connectivity index is 0.00000222. The van der Waals surface area contributed by atoms with Crippen LogP contribution < -0.4 is 0 Å². The maximum atomic E-state index is 12.6. The number of sulfone groups is 1. The normalized spacial score (nSPS) is 34.9. The molecule has 0 amide bonds. The number of ether oxygens (including phenoxy) is 1. The van der Waals surface area contributed by atoms with Crippen LogP contribution >= 0.6 is 9.24 Å². The van der Waals surface area contributed by atoms with Crippen molar-refractivity contribution in [2.75, 3.05) is 12.9 Å². The molecule has 0 heterocycles. The maximum absolute atomic E-state index is 12.6. The van der Waals surface area contributed by atoms with E-state index < -0.39 is 21.9 Å². The van der Waals surface area contributed by atoms with Crippen LogP contribution in [0.1, 0.15) is 104 Å². The number of aliphatic hydroxyl groups excluding tert-OH is 1. The standard InChI is InChI=1S/C26H45O6PS.C2H6/c1-3-8-20(34(2,30)31)15-19(33)17-32-26-11-6-4-5-10-23(26)21(9-7-12-26)18-13-24(28)22(16-27)25(29)14-18;1-2/h16,18-24,28H,3-15,17,33H2,1-2H3;1-2H3. The van der Waals surface area contributed by atoms with E-state index in [1.807, 2.05) is 20.8 Å². The molecule has 3 aliphatic carbocycles. The zero-order valence-electron chi connectivity index (χ0n) is 23.0. The van der Waals surface area contributed by atoms with Crippen molar-refractivity contribution in [3.63, 3.8) is 0 Å². The van der Waals surface area contributed by atoms with Gasteiger partial charge in [-0.2, -0.15) is 0 Å². The number of aldehydes is 1. The van der Waals surface area contributed by atoms with Crippen LogP contribution in [0.25, 0.3) is 0 Å². The Labute approximate surface area is 222 Å². The number of hydrogen-bond acceptors (Lipinski definition) is 6. The highest BCUT2D eigenvalue weighted by Crippen LogP contribution is 2.52. The Kier molecular flexibility index (Phi) is 13.0. The van der Waals surface area contributed by atoms with Gasteiger partial charge in [0.1, 0.15) is 21.9 Å². The number of hydrogen-bond donors (Lipinski definition) is 1. The van der Waals surface area contributed by atoms with E-state index in [1.54, 1.807) is 0 Å². The highest BCUT2D eigenvalue weighted by Gasteiger charge is 2.51. The average molecular weight is 547 g/mol. The molecule has 3 fully saturated rings. The molecule has 210 valence electrons. The van der Waals surface area contributed by atoms with E-state index in [1.165, 1.54) is 12.7 Å². The van der Waals surface area contributed by atoms with Crippen LogP contribution in [-0.4, -0.2) is 61.1 Å². The Morgan fingerprint density at radius 1 is 1.17 bits per heavy atom. The minimum Gasteiger partial charge on any atom is -0.392 e. The summed E-state index contributed by atoms with van der Waals surface area (Å²) in [4.78, 5) is 23.9. The first-order chi connectivity index (χ1) is 17.1. The van der Waals surface area contributed by atoms with E-state index in [2.05, 4.69) is 9.24 Å². The molecule has 36 heavy (non-hydrogen) atoms. The molecule has 0 aromatic rings. The van der Waals surface area contributed by atoms with Gasteiger partial charge in [-0.25, -0.2) is 8.42 Å². The molecule has 0 spiro atoms. The molecule has 3 saturated carbocycles. The number of carbonyl (C=O) groups excluding carboxylic acids is 2. The average Bonchev–Trinajstić information content (AvgIpc) is 3.06. The van der Waals surface area contributed by atoms with Crippen molar-refractivity contribution < 1.29 is 27.9 Å². The van der Waals surface area contributed by atoms with E-state index in [0.717, 1.165) is 51.4 Å². The number of carbonyl (C=O) groups is 2. The summed E-state index contributed by atoms with van der Waals surface area (Å²) in [5, 5.41) is 10.2. The van der Waals surface area contributed by atoms with Gasteiger partial charge < -0.3 is 14.6 Å². The molecule has 1 N–H and O–H groups in total. The second-order valence-corrected chi connectivity index (χ2v) is 14.5. The van der Waals surface area contributed by atoms with E-state index in [0.29, 0.717) is 50.4 Å². The zero-order valence-corrected chi connectivity index (χ0v) is 25.0. The lowest BCUT2D eigenvalue weighted by Crippen LogP contribution is -2.51. The molecular formula is C28H51O6PS. The molecule has 8 heteroatoms. The summed E-state index contributed by atoms with van der Waals surface area (Å²) in [5.74, 6) is -0.197. The summed E-state index contributed by atoms with van der Waals surface area (Å²) in [7, 11) is -0.263. The molecule has 0 aromatic heterocycles. The van der Waals surface area contributed by atoms with Crippen molar-refractivity contribution in [3.8, 4) is 0 Å². The Morgan fingerprint density at radius 3 is 2.47 bits per heavy atom. The summed E-state index contributed by atoms with van der Waals surface area (Å²) in [5.41, 5.74) is -0.147. The predicted octanol–water partition coefficient (Wildman–Crippen LogP) is 5.15. The van der Waals surface area contributed by atoms with Crippen LogP contribution in [0, 0.1) is 23.7 Å². The maximum Gasteiger partial charge on any atom is 0.150 e. The van der Waals surface area contributed by atoms with E-state index in [4.69, 9.17) is 4.74 Å². The van der Waals surface area contributed by atoms with Crippen LogP contribution in [0.5, 0.6) is 0 Å². The number of aliphatic hydroxyl groups is 1. The van der Waals surface area contributed by atoms with Gasteiger partial charge in [0.15, 0.2) is 0 Å². The lowest BCUT2D eigenvalue weighted by Gasteiger charge is -2.51. The van der Waals surface area contributed by atoms with Crippen molar-refractivity contribution in [2.45, 2.75) is 127 Å². The van der Waals surface area contributed by atoms with Gasteiger partial charge in [0.2, 0.25) is 0 Å². The summed E-state index contributed by atoms with van der Waals surface area (Å²) in [6.45, 7) is 6.55. The summed E-state index contributed by atoms with van der Waals surface area (Å²) in [6.07, 6.45) is 12.8. The van der Waals surface area contributed by atoms with Crippen LogP contribution in [0.4, 0.5) is 0 Å². The minimum absolute atomic E-state index is 0.0800. The van der Waals surface area contributed by atoms with Crippen molar-refractivity contribution in [2.24, 2.45) is 23.7 Å². The zero-order chi connectivity index (χ0) is 26.9. The van der Waals surface area contributed by atoms with Gasteiger partial charge in [0.25, 0.3) is 0 Å². The lowest BCUT2D eigenvalue weighted by atomic mass is 9.59. The minimum atomic E-state index is -3.09. The second-order valence-electron chi connectivity index (χ2n) is 11.3. The molecular weight excluding hydrogens is 495 g/mol. The molecule has 9 atom stereocenters. The molecule has 9 unspecified atom stereocenters. The summed E-state index contributed by atoms with van der Waals surface area (Å²) >= 11 is 0. The first-order valence-electron chi connectivity index (χ1n) is 14.4. The SMILES string of the molecule is CC.CCCC(CC(P)COC12CCCCCC1C(C1CC(=O)C(C=O)C(O)C1)CCC2)S(C)(=O)=O. The topological polar surface area (TPSA) is 97.7 Å². The molecule has 3 rings (SSSR count). The Morgan fingerprint density at radius 2 is 1.86 bits per heavy atom. The van der Waals surface area contributed by atoms with Gasteiger partial charge in [-0.3, -0.25) is 4.79 Å². The highest BCUT2D eigenvalue weighted by molar-refractivity contribution is 7.91. The largest absolute Gasteiger partial charge is 0.392 e. The van der Waals surface area contributed by atoms with Crippen LogP contribution in [0.2, 0.25) is 0 Å². The molecule has 6 nitrogen and oxygen atoms in total. The summed E-state index contributed by atoms with van der Waals surface area (Å²) < 4.78 is 31.3. The smallest absolute Gasteiger partial charge is 0.150 e. The molecule has 0 saturated heterocycles. The second kappa shape index (κ2) is 14.7. The van der Waals surface area contributed by atoms with Gasteiger partial charge in [-0.1, -0.05) is 52.9 Å². The highest BCUT2D eigenvalue weighted by atomic mass is 32.2. The predicted molar refractivity (Wildman–Crippen MR) is 149 cm³/mol. The van der Waals surface area contributed by atoms with Crippen molar-refractivity contribution in [1.82, 2.24) is 0 Å². The van der Waals surface area contributed by atoms with Crippen LogP contribution in [0.15, 0.2) is 0 Å². The first-order valence-corrected chi connectivity index (χ1v) is 17.0. The monoisotopic (exact) mass is 546 g/mol. The fourth-order valence-corrected chi connectivity index (χ4v) is 9.01. The van der Waals surface area contributed by atoms with Gasteiger partial charge >= 0.3 is 0 Å². The number of ketones is 1. The van der Waals surface area contributed by atoms with Gasteiger partial charge in [-0.05, 0) is 68.4 Å². The molecule has 0 aliphatic heterocycles. The molecule has 0 bridgehead atoms. The fourth-order valence-electron chi connectivity index (χ4n) is 7.13. The number of rotatable bonds is 10. The van der Waals surface area contributed by atoms with E-state index in [-0.39, 0.29) is 28.2 Å². The van der Waals surface area contributed by atoms with Crippen LogP contribution in [0.3, 0.4) is 0 Å². The third kappa shape index (κ3) is 8.07. The fraction of sp³-hybridized carbons (Fsp3) is 0.929. The van der Waals surface area contributed by atoms with E-state index >= 15 is 0 Å². The lowest BCUT2D eigenvalue weighted by molar-refractivity contribution is -0.152. The van der Waals surface area contributed by atoms with Gasteiger partial charge in [-0.15, -0.1) is 9.24 Å². The Bertz CT molecular complexity index is 802. The molecule has 0 aromatic carbocycles. The first kappa shape index (κ1) is 31.9.